The molecule has 0 spiro atoms. The molecule has 0 aliphatic rings. The van der Waals surface area contributed by atoms with Crippen molar-refractivity contribution < 1.29 is 4.92 Å². The third-order valence-corrected chi connectivity index (χ3v) is 3.29. The van der Waals surface area contributed by atoms with Crippen LogP contribution in [0.3, 0.4) is 0 Å². The van der Waals surface area contributed by atoms with Crippen LogP contribution < -0.4 is 5.32 Å². The van der Waals surface area contributed by atoms with Crippen molar-refractivity contribution in [3.63, 3.8) is 0 Å². The Morgan fingerprint density at radius 2 is 1.90 bits per heavy atom. The van der Waals surface area contributed by atoms with E-state index in [9.17, 15) is 10.1 Å². The fourth-order valence-electron chi connectivity index (χ4n) is 2.21. The van der Waals surface area contributed by atoms with Gasteiger partial charge < -0.3 is 9.88 Å². The minimum atomic E-state index is -0.401. The number of para-hydroxylation sites is 2. The number of fused-ring (bicyclic) bond motifs is 1. The van der Waals surface area contributed by atoms with Gasteiger partial charge in [-0.25, -0.2) is 4.98 Å². The number of imidazole rings is 1. The molecule has 0 saturated heterocycles. The van der Waals surface area contributed by atoms with Crippen LogP contribution >= 0.6 is 0 Å². The van der Waals surface area contributed by atoms with E-state index in [2.05, 4.69) is 14.9 Å². The molecule has 0 amide bonds. The number of anilines is 1. The van der Waals surface area contributed by atoms with Crippen molar-refractivity contribution in [2.75, 3.05) is 11.9 Å². The molecule has 3 aromatic rings. The summed E-state index contributed by atoms with van der Waals surface area (Å²) in [7, 11) is 0. The van der Waals surface area contributed by atoms with Crippen molar-refractivity contribution in [3.8, 4) is 0 Å². The van der Waals surface area contributed by atoms with Crippen molar-refractivity contribution in [2.45, 2.75) is 6.54 Å². The molecule has 0 saturated carbocycles. The Labute approximate surface area is 121 Å². The van der Waals surface area contributed by atoms with Crippen LogP contribution in [0.1, 0.15) is 0 Å². The van der Waals surface area contributed by atoms with Crippen molar-refractivity contribution in [2.24, 2.45) is 0 Å². The number of aromatic nitrogens is 2. The number of hydrogen-bond acceptors (Lipinski definition) is 4. The quantitative estimate of drug-likeness (QED) is 0.576. The highest BCUT2D eigenvalue weighted by atomic mass is 16.6. The first-order valence-corrected chi connectivity index (χ1v) is 6.62. The highest BCUT2D eigenvalue weighted by Gasteiger charge is 2.04. The Kier molecular flexibility index (Phi) is 3.51. The van der Waals surface area contributed by atoms with Gasteiger partial charge in [-0.3, -0.25) is 10.1 Å². The maximum Gasteiger partial charge on any atom is 0.269 e. The third kappa shape index (κ3) is 2.84. The van der Waals surface area contributed by atoms with Gasteiger partial charge in [0.25, 0.3) is 5.69 Å². The molecule has 0 fully saturated rings. The average Bonchev–Trinajstić information content (AvgIpc) is 2.91. The standard InChI is InChI=1S/C15H14N4O2/c20-19(21)13-7-5-12(6-8-13)16-9-10-18-11-17-14-3-1-2-4-15(14)18/h1-8,11,16H,9-10H2. The van der Waals surface area contributed by atoms with Gasteiger partial charge in [0.2, 0.25) is 0 Å². The summed E-state index contributed by atoms with van der Waals surface area (Å²) in [4.78, 5) is 14.5. The molecule has 106 valence electrons. The van der Waals surface area contributed by atoms with Gasteiger partial charge >= 0.3 is 0 Å². The van der Waals surface area contributed by atoms with Crippen LogP contribution in [0, 0.1) is 10.1 Å². The highest BCUT2D eigenvalue weighted by molar-refractivity contribution is 5.74. The van der Waals surface area contributed by atoms with Gasteiger partial charge in [-0.2, -0.15) is 0 Å². The minimum absolute atomic E-state index is 0.0983. The summed E-state index contributed by atoms with van der Waals surface area (Å²) in [5.74, 6) is 0. The van der Waals surface area contributed by atoms with Crippen LogP contribution in [-0.4, -0.2) is 21.0 Å². The Balaban J connectivity index is 1.62. The Morgan fingerprint density at radius 3 is 2.67 bits per heavy atom. The van der Waals surface area contributed by atoms with Crippen LogP contribution in [0.15, 0.2) is 54.9 Å². The van der Waals surface area contributed by atoms with Gasteiger partial charge in [0.1, 0.15) is 0 Å². The molecule has 3 rings (SSSR count). The predicted octanol–water partition coefficient (Wildman–Crippen LogP) is 3.06. The van der Waals surface area contributed by atoms with Crippen LogP contribution in [-0.2, 0) is 6.54 Å². The molecule has 6 nitrogen and oxygen atoms in total. The van der Waals surface area contributed by atoms with E-state index < -0.39 is 4.92 Å². The lowest BCUT2D eigenvalue weighted by Crippen LogP contribution is -2.09. The van der Waals surface area contributed by atoms with E-state index >= 15 is 0 Å². The topological polar surface area (TPSA) is 73.0 Å². The zero-order chi connectivity index (χ0) is 14.7. The van der Waals surface area contributed by atoms with Crippen molar-refractivity contribution in [3.05, 3.63) is 65.0 Å². The molecule has 0 radical (unpaired) electrons. The van der Waals surface area contributed by atoms with Gasteiger partial charge in [0, 0.05) is 30.9 Å². The van der Waals surface area contributed by atoms with Gasteiger partial charge in [0.15, 0.2) is 0 Å². The molecule has 0 unspecified atom stereocenters. The van der Waals surface area contributed by atoms with Crippen LogP contribution in [0.4, 0.5) is 11.4 Å². The summed E-state index contributed by atoms with van der Waals surface area (Å²) in [6.45, 7) is 1.50. The van der Waals surface area contributed by atoms with Gasteiger partial charge in [0.05, 0.1) is 22.3 Å². The normalized spacial score (nSPS) is 10.7. The highest BCUT2D eigenvalue weighted by Crippen LogP contribution is 2.15. The number of nitrogens with one attached hydrogen (secondary N) is 1. The fraction of sp³-hybridized carbons (Fsp3) is 0.133. The zero-order valence-corrected chi connectivity index (χ0v) is 11.3. The largest absolute Gasteiger partial charge is 0.383 e. The first-order chi connectivity index (χ1) is 10.2. The lowest BCUT2D eigenvalue weighted by atomic mass is 10.3. The fourth-order valence-corrected chi connectivity index (χ4v) is 2.21. The second kappa shape index (κ2) is 5.62. The second-order valence-corrected chi connectivity index (χ2v) is 4.66. The predicted molar refractivity (Wildman–Crippen MR) is 81.3 cm³/mol. The summed E-state index contributed by atoms with van der Waals surface area (Å²) in [5.41, 5.74) is 3.04. The third-order valence-electron chi connectivity index (χ3n) is 3.29. The summed E-state index contributed by atoms with van der Waals surface area (Å²) in [5, 5.41) is 13.8. The van der Waals surface area contributed by atoms with E-state index in [-0.39, 0.29) is 5.69 Å². The van der Waals surface area contributed by atoms with Crippen molar-refractivity contribution in [1.29, 1.82) is 0 Å². The number of hydrogen-bond donors (Lipinski definition) is 1. The molecule has 21 heavy (non-hydrogen) atoms. The average molecular weight is 282 g/mol. The molecule has 0 aliphatic heterocycles. The minimum Gasteiger partial charge on any atom is -0.383 e. The summed E-state index contributed by atoms with van der Waals surface area (Å²) in [6.07, 6.45) is 1.82. The molecule has 2 aromatic carbocycles. The lowest BCUT2D eigenvalue weighted by molar-refractivity contribution is -0.384. The van der Waals surface area contributed by atoms with Gasteiger partial charge in [-0.15, -0.1) is 0 Å². The van der Waals surface area contributed by atoms with Crippen LogP contribution in [0.2, 0.25) is 0 Å². The van der Waals surface area contributed by atoms with Gasteiger partial charge in [-0.05, 0) is 24.3 Å². The molecule has 1 heterocycles. The molecular weight excluding hydrogens is 268 g/mol. The monoisotopic (exact) mass is 282 g/mol. The maximum absolute atomic E-state index is 10.6. The zero-order valence-electron chi connectivity index (χ0n) is 11.3. The van der Waals surface area contributed by atoms with Crippen molar-refractivity contribution in [1.82, 2.24) is 9.55 Å². The summed E-state index contributed by atoms with van der Waals surface area (Å²) >= 11 is 0. The molecule has 1 aromatic heterocycles. The summed E-state index contributed by atoms with van der Waals surface area (Å²) < 4.78 is 2.08. The first kappa shape index (κ1) is 13.1. The molecule has 0 atom stereocenters. The van der Waals surface area contributed by atoms with E-state index in [1.807, 2.05) is 30.6 Å². The number of nitro groups is 1. The number of rotatable bonds is 5. The SMILES string of the molecule is O=[N+]([O-])c1ccc(NCCn2cnc3ccccc32)cc1. The Bertz CT molecular complexity index is 765. The van der Waals surface area contributed by atoms with Crippen LogP contribution in [0.25, 0.3) is 11.0 Å². The van der Waals surface area contributed by atoms with E-state index in [1.165, 1.54) is 12.1 Å². The number of non-ortho nitro benzene ring substituents is 1. The lowest BCUT2D eigenvalue weighted by Gasteiger charge is -2.07. The smallest absolute Gasteiger partial charge is 0.269 e. The molecular formula is C15H14N4O2. The molecule has 1 N–H and O–H groups in total. The second-order valence-electron chi connectivity index (χ2n) is 4.66. The molecule has 0 bridgehead atoms. The molecule has 0 aliphatic carbocycles. The Morgan fingerprint density at radius 1 is 1.14 bits per heavy atom. The number of nitrogens with zero attached hydrogens (tertiary/aromatic N) is 3. The van der Waals surface area contributed by atoms with Gasteiger partial charge in [-0.1, -0.05) is 12.1 Å². The molecule has 6 heteroatoms. The maximum atomic E-state index is 10.6. The number of nitro benzene ring substituents is 1. The van der Waals surface area contributed by atoms with Crippen molar-refractivity contribution >= 4 is 22.4 Å². The number of benzene rings is 2. The van der Waals surface area contributed by atoms with E-state index in [0.29, 0.717) is 0 Å². The van der Waals surface area contributed by atoms with Crippen LogP contribution in [0.5, 0.6) is 0 Å². The van der Waals surface area contributed by atoms with E-state index in [0.717, 1.165) is 29.8 Å². The first-order valence-electron chi connectivity index (χ1n) is 6.62. The summed E-state index contributed by atoms with van der Waals surface area (Å²) in [6, 6.07) is 14.4. The van der Waals surface area contributed by atoms with E-state index in [4.69, 9.17) is 0 Å². The van der Waals surface area contributed by atoms with E-state index in [1.54, 1.807) is 12.1 Å². The Hall–Kier alpha value is -2.89.